The van der Waals surface area contributed by atoms with Crippen LogP contribution in [0.5, 0.6) is 0 Å². The van der Waals surface area contributed by atoms with E-state index in [4.69, 9.17) is 10.8 Å². The lowest BCUT2D eigenvalue weighted by molar-refractivity contribution is -0.142. The van der Waals surface area contributed by atoms with Crippen molar-refractivity contribution in [2.45, 2.75) is 23.8 Å². The Balaban J connectivity index is 2.83. The van der Waals surface area contributed by atoms with Gasteiger partial charge in [-0.05, 0) is 24.6 Å². The summed E-state index contributed by atoms with van der Waals surface area (Å²) < 4.78 is 0. The minimum atomic E-state index is -1.22. The summed E-state index contributed by atoms with van der Waals surface area (Å²) in [7, 11) is 0. The minimum absolute atomic E-state index is 0.302. The third-order valence-electron chi connectivity index (χ3n) is 1.97. The Morgan fingerprint density at radius 1 is 1.64 bits per heavy atom. The highest BCUT2D eigenvalue weighted by Gasteiger charge is 2.27. The van der Waals surface area contributed by atoms with Crippen molar-refractivity contribution in [2.75, 3.05) is 0 Å². The molecule has 0 aliphatic rings. The van der Waals surface area contributed by atoms with Crippen molar-refractivity contribution in [1.29, 1.82) is 0 Å². The standard InChI is InChI=1S/C10H13NO2S/c1-10(11,9(12)13)6-7-3-2-4-8(14)5-7/h2-5,14H,6,11H2,1H3,(H,12,13). The molecule has 1 aromatic rings. The molecule has 14 heavy (non-hydrogen) atoms. The van der Waals surface area contributed by atoms with Crippen LogP contribution in [-0.2, 0) is 11.2 Å². The van der Waals surface area contributed by atoms with Gasteiger partial charge in [0.25, 0.3) is 0 Å². The molecule has 0 spiro atoms. The number of carboxylic acid groups (broad SMARTS) is 1. The zero-order chi connectivity index (χ0) is 10.8. The van der Waals surface area contributed by atoms with Gasteiger partial charge in [0.15, 0.2) is 0 Å². The number of nitrogens with two attached hydrogens (primary N) is 1. The molecule has 3 N–H and O–H groups in total. The molecule has 1 unspecified atom stereocenters. The van der Waals surface area contributed by atoms with Crippen molar-refractivity contribution < 1.29 is 9.90 Å². The maximum absolute atomic E-state index is 10.8. The van der Waals surface area contributed by atoms with Gasteiger partial charge in [-0.1, -0.05) is 12.1 Å². The fourth-order valence-electron chi connectivity index (χ4n) is 1.17. The van der Waals surface area contributed by atoms with Gasteiger partial charge < -0.3 is 10.8 Å². The smallest absolute Gasteiger partial charge is 0.323 e. The maximum atomic E-state index is 10.8. The van der Waals surface area contributed by atoms with Gasteiger partial charge in [-0.3, -0.25) is 4.79 Å². The van der Waals surface area contributed by atoms with Gasteiger partial charge in [0.05, 0.1) is 0 Å². The van der Waals surface area contributed by atoms with Crippen LogP contribution in [-0.4, -0.2) is 16.6 Å². The first-order valence-electron chi connectivity index (χ1n) is 4.22. The average molecular weight is 211 g/mol. The minimum Gasteiger partial charge on any atom is -0.480 e. The van der Waals surface area contributed by atoms with Crippen LogP contribution in [0.25, 0.3) is 0 Å². The number of thiol groups is 1. The Morgan fingerprint density at radius 2 is 2.29 bits per heavy atom. The van der Waals surface area contributed by atoms with E-state index >= 15 is 0 Å². The number of benzene rings is 1. The lowest BCUT2D eigenvalue weighted by atomic mass is 9.94. The van der Waals surface area contributed by atoms with Crippen LogP contribution < -0.4 is 5.73 Å². The van der Waals surface area contributed by atoms with Crippen LogP contribution >= 0.6 is 12.6 Å². The third kappa shape index (κ3) is 2.75. The second-order valence-corrected chi connectivity index (χ2v) is 4.09. The molecule has 0 heterocycles. The number of hydrogen-bond acceptors (Lipinski definition) is 3. The van der Waals surface area contributed by atoms with Crippen LogP contribution in [0.3, 0.4) is 0 Å². The largest absolute Gasteiger partial charge is 0.480 e. The van der Waals surface area contributed by atoms with Crippen molar-refractivity contribution in [1.82, 2.24) is 0 Å². The fourth-order valence-corrected chi connectivity index (χ4v) is 1.42. The predicted molar refractivity (Wildman–Crippen MR) is 57.6 cm³/mol. The highest BCUT2D eigenvalue weighted by molar-refractivity contribution is 7.80. The van der Waals surface area contributed by atoms with E-state index in [1.54, 1.807) is 0 Å². The molecule has 0 bridgehead atoms. The van der Waals surface area contributed by atoms with Gasteiger partial charge in [0.1, 0.15) is 5.54 Å². The van der Waals surface area contributed by atoms with Crippen molar-refractivity contribution in [3.8, 4) is 0 Å². The summed E-state index contributed by atoms with van der Waals surface area (Å²) in [5.74, 6) is -0.998. The van der Waals surface area contributed by atoms with E-state index in [0.717, 1.165) is 10.5 Å². The molecule has 0 saturated heterocycles. The molecule has 76 valence electrons. The Kier molecular flexibility index (Phi) is 3.18. The molecule has 0 aliphatic carbocycles. The Hall–Kier alpha value is -1.00. The lowest BCUT2D eigenvalue weighted by Gasteiger charge is -2.18. The van der Waals surface area contributed by atoms with Gasteiger partial charge in [0.2, 0.25) is 0 Å². The summed E-state index contributed by atoms with van der Waals surface area (Å²) in [5.41, 5.74) is 5.28. The van der Waals surface area contributed by atoms with E-state index in [-0.39, 0.29) is 0 Å². The van der Waals surface area contributed by atoms with Gasteiger partial charge in [-0.2, -0.15) is 0 Å². The predicted octanol–water partition coefficient (Wildman–Crippen LogP) is 1.32. The van der Waals surface area contributed by atoms with E-state index in [1.807, 2.05) is 24.3 Å². The van der Waals surface area contributed by atoms with E-state index in [9.17, 15) is 4.79 Å². The van der Waals surface area contributed by atoms with E-state index < -0.39 is 11.5 Å². The molecule has 0 amide bonds. The van der Waals surface area contributed by atoms with Gasteiger partial charge >= 0.3 is 5.97 Å². The highest BCUT2D eigenvalue weighted by atomic mass is 32.1. The molecular weight excluding hydrogens is 198 g/mol. The van der Waals surface area contributed by atoms with Gasteiger partial charge in [0, 0.05) is 11.3 Å². The number of carbonyl (C=O) groups is 1. The first-order chi connectivity index (χ1) is 6.42. The Labute approximate surface area is 88.3 Å². The third-order valence-corrected chi connectivity index (χ3v) is 2.25. The average Bonchev–Trinajstić information content (AvgIpc) is 2.02. The molecule has 0 radical (unpaired) electrons. The lowest BCUT2D eigenvalue weighted by Crippen LogP contribution is -2.46. The van der Waals surface area contributed by atoms with Gasteiger partial charge in [-0.25, -0.2) is 0 Å². The van der Waals surface area contributed by atoms with E-state index in [2.05, 4.69) is 12.6 Å². The fraction of sp³-hybridized carbons (Fsp3) is 0.300. The molecule has 4 heteroatoms. The quantitative estimate of drug-likeness (QED) is 0.661. The molecular formula is C10H13NO2S. The second-order valence-electron chi connectivity index (χ2n) is 3.57. The number of rotatable bonds is 3. The highest BCUT2D eigenvalue weighted by Crippen LogP contribution is 2.14. The molecule has 1 rings (SSSR count). The summed E-state index contributed by atoms with van der Waals surface area (Å²) in [6, 6.07) is 7.32. The molecule has 0 aromatic heterocycles. The summed E-state index contributed by atoms with van der Waals surface area (Å²) in [4.78, 5) is 11.6. The van der Waals surface area contributed by atoms with Crippen LogP contribution in [0.4, 0.5) is 0 Å². The summed E-state index contributed by atoms with van der Waals surface area (Å²) in [6.45, 7) is 1.50. The van der Waals surface area contributed by atoms with Crippen LogP contribution in [0.2, 0.25) is 0 Å². The number of aliphatic carboxylic acids is 1. The summed E-state index contributed by atoms with van der Waals surface area (Å²) >= 11 is 4.17. The number of carboxylic acids is 1. The molecule has 1 atom stereocenters. The van der Waals surface area contributed by atoms with Crippen molar-refractivity contribution >= 4 is 18.6 Å². The van der Waals surface area contributed by atoms with Crippen molar-refractivity contribution in [2.24, 2.45) is 5.73 Å². The molecule has 0 saturated carbocycles. The monoisotopic (exact) mass is 211 g/mol. The summed E-state index contributed by atoms with van der Waals surface area (Å²) in [5, 5.41) is 8.83. The van der Waals surface area contributed by atoms with Crippen LogP contribution in [0.15, 0.2) is 29.2 Å². The molecule has 0 aliphatic heterocycles. The normalized spacial score (nSPS) is 14.8. The zero-order valence-corrected chi connectivity index (χ0v) is 8.79. The number of hydrogen-bond donors (Lipinski definition) is 3. The SMILES string of the molecule is CC(N)(Cc1cccc(S)c1)C(=O)O. The molecule has 3 nitrogen and oxygen atoms in total. The zero-order valence-electron chi connectivity index (χ0n) is 7.90. The van der Waals surface area contributed by atoms with Gasteiger partial charge in [-0.15, -0.1) is 12.6 Å². The topological polar surface area (TPSA) is 63.3 Å². The Bertz CT molecular complexity index is 350. The molecule has 0 fully saturated rings. The molecule has 1 aromatic carbocycles. The van der Waals surface area contributed by atoms with Crippen molar-refractivity contribution in [3.05, 3.63) is 29.8 Å². The summed E-state index contributed by atoms with van der Waals surface area (Å²) in [6.07, 6.45) is 0.302. The van der Waals surface area contributed by atoms with Crippen molar-refractivity contribution in [3.63, 3.8) is 0 Å². The first-order valence-corrected chi connectivity index (χ1v) is 4.67. The van der Waals surface area contributed by atoms with E-state index in [1.165, 1.54) is 6.92 Å². The van der Waals surface area contributed by atoms with E-state index in [0.29, 0.717) is 6.42 Å². The Morgan fingerprint density at radius 3 is 2.79 bits per heavy atom. The van der Waals surface area contributed by atoms with Crippen LogP contribution in [0, 0.1) is 0 Å². The van der Waals surface area contributed by atoms with Crippen LogP contribution in [0.1, 0.15) is 12.5 Å². The second kappa shape index (κ2) is 4.02. The first kappa shape index (κ1) is 11.1. The maximum Gasteiger partial charge on any atom is 0.323 e.